The van der Waals surface area contributed by atoms with E-state index in [4.69, 9.17) is 0 Å². The fourth-order valence-corrected chi connectivity index (χ4v) is 3.89. The number of nitrogens with zero attached hydrogens (tertiary/aromatic N) is 3. The first-order valence-electron chi connectivity index (χ1n) is 8.48. The highest BCUT2D eigenvalue weighted by molar-refractivity contribution is 5.53. The van der Waals surface area contributed by atoms with Gasteiger partial charge < -0.3 is 10.2 Å². The Morgan fingerprint density at radius 2 is 2.19 bits per heavy atom. The predicted octanol–water partition coefficient (Wildman–Crippen LogP) is 2.01. The van der Waals surface area contributed by atoms with Crippen molar-refractivity contribution in [3.8, 4) is 0 Å². The second kappa shape index (κ2) is 5.58. The van der Waals surface area contributed by atoms with E-state index >= 15 is 0 Å². The van der Waals surface area contributed by atoms with E-state index in [-0.39, 0.29) is 0 Å². The van der Waals surface area contributed by atoms with Crippen LogP contribution in [0.25, 0.3) is 0 Å². The highest BCUT2D eigenvalue weighted by Crippen LogP contribution is 2.30. The van der Waals surface area contributed by atoms with Gasteiger partial charge in [-0.05, 0) is 50.8 Å². The van der Waals surface area contributed by atoms with Crippen LogP contribution in [0.4, 0.5) is 5.69 Å². The summed E-state index contributed by atoms with van der Waals surface area (Å²) in [5, 5.41) is 3.65. The summed E-state index contributed by atoms with van der Waals surface area (Å²) in [5.41, 5.74) is 2.76. The number of aromatic nitrogens is 1. The number of piperazine rings is 1. The van der Waals surface area contributed by atoms with Crippen LogP contribution in [0.3, 0.4) is 0 Å². The number of anilines is 1. The molecule has 1 aliphatic carbocycles. The summed E-state index contributed by atoms with van der Waals surface area (Å²) in [4.78, 5) is 9.68. The lowest BCUT2D eigenvalue weighted by Gasteiger charge is -2.44. The molecule has 0 aromatic carbocycles. The minimum atomic E-state index is 0.586. The second-order valence-corrected chi connectivity index (χ2v) is 6.95. The summed E-state index contributed by atoms with van der Waals surface area (Å²) < 4.78 is 0. The van der Waals surface area contributed by atoms with Crippen molar-refractivity contribution in [1.82, 2.24) is 15.2 Å². The molecular weight excluding hydrogens is 260 g/mol. The van der Waals surface area contributed by atoms with E-state index < -0.39 is 0 Å². The first kappa shape index (κ1) is 13.5. The molecule has 1 N–H and O–H groups in total. The molecule has 0 amide bonds. The van der Waals surface area contributed by atoms with Crippen molar-refractivity contribution in [2.45, 2.75) is 57.3 Å². The number of nitrogens with one attached hydrogen (secondary N) is 1. The number of hydrogen-bond acceptors (Lipinski definition) is 4. The normalized spacial score (nSPS) is 29.7. The maximum Gasteiger partial charge on any atom is 0.0601 e. The van der Waals surface area contributed by atoms with E-state index in [0.29, 0.717) is 6.04 Å². The Hall–Kier alpha value is -1.13. The van der Waals surface area contributed by atoms with E-state index in [9.17, 15) is 0 Å². The Morgan fingerprint density at radius 1 is 1.29 bits per heavy atom. The maximum atomic E-state index is 4.40. The molecule has 4 nitrogen and oxygen atoms in total. The summed E-state index contributed by atoms with van der Waals surface area (Å²) in [7, 11) is 0. The molecule has 1 aromatic heterocycles. The molecule has 2 saturated heterocycles. The van der Waals surface area contributed by atoms with Crippen molar-refractivity contribution in [2.75, 3.05) is 24.5 Å². The van der Waals surface area contributed by atoms with Crippen LogP contribution >= 0.6 is 0 Å². The fourth-order valence-electron chi connectivity index (χ4n) is 3.89. The quantitative estimate of drug-likeness (QED) is 0.917. The first-order valence-corrected chi connectivity index (χ1v) is 8.48. The first-order chi connectivity index (χ1) is 10.3. The SMILES string of the molecule is CC1CN2CCCC2CN1c1cnccc1CNC1CC1. The Bertz CT molecular complexity index is 499. The van der Waals surface area contributed by atoms with Gasteiger partial charge in [0.05, 0.1) is 11.9 Å². The van der Waals surface area contributed by atoms with Crippen molar-refractivity contribution in [2.24, 2.45) is 0 Å². The molecule has 0 spiro atoms. The zero-order valence-corrected chi connectivity index (χ0v) is 13.0. The molecule has 0 bridgehead atoms. The molecule has 4 rings (SSSR count). The van der Waals surface area contributed by atoms with Crippen molar-refractivity contribution in [3.05, 3.63) is 24.0 Å². The zero-order valence-electron chi connectivity index (χ0n) is 13.0. The van der Waals surface area contributed by atoms with Gasteiger partial charge in [0.2, 0.25) is 0 Å². The second-order valence-electron chi connectivity index (χ2n) is 6.95. The third-order valence-electron chi connectivity index (χ3n) is 5.29. The number of fused-ring (bicyclic) bond motifs is 1. The van der Waals surface area contributed by atoms with Crippen molar-refractivity contribution in [1.29, 1.82) is 0 Å². The van der Waals surface area contributed by atoms with Crippen LogP contribution in [0.5, 0.6) is 0 Å². The molecule has 21 heavy (non-hydrogen) atoms. The minimum Gasteiger partial charge on any atom is -0.364 e. The lowest BCUT2D eigenvalue weighted by molar-refractivity contribution is 0.202. The lowest BCUT2D eigenvalue weighted by atomic mass is 10.1. The van der Waals surface area contributed by atoms with Gasteiger partial charge >= 0.3 is 0 Å². The highest BCUT2D eigenvalue weighted by atomic mass is 15.3. The third kappa shape index (κ3) is 2.79. The molecule has 3 heterocycles. The van der Waals surface area contributed by atoms with Crippen LogP contribution in [0.2, 0.25) is 0 Å². The summed E-state index contributed by atoms with van der Waals surface area (Å²) in [6.45, 7) is 7.02. The molecule has 2 atom stereocenters. The maximum absolute atomic E-state index is 4.40. The van der Waals surface area contributed by atoms with E-state index in [1.807, 2.05) is 6.20 Å². The van der Waals surface area contributed by atoms with Crippen molar-refractivity contribution >= 4 is 5.69 Å². The van der Waals surface area contributed by atoms with Crippen molar-refractivity contribution < 1.29 is 0 Å². The van der Waals surface area contributed by atoms with Crippen LogP contribution in [-0.2, 0) is 6.54 Å². The molecular formula is C17H26N4. The summed E-state index contributed by atoms with van der Waals surface area (Å²) >= 11 is 0. The van der Waals surface area contributed by atoms with E-state index in [1.54, 1.807) is 0 Å². The Labute approximate surface area is 127 Å². The monoisotopic (exact) mass is 286 g/mol. The average Bonchev–Trinajstić information content (AvgIpc) is 3.22. The summed E-state index contributed by atoms with van der Waals surface area (Å²) in [5.74, 6) is 0. The standard InChI is InChI=1S/C17H26N4/c1-13-11-20-8-2-3-16(20)12-21(13)17-10-18-7-6-14(17)9-19-15-4-5-15/h6-7,10,13,15-16,19H,2-5,8-9,11-12H2,1H3. The van der Waals surface area contributed by atoms with E-state index in [1.165, 1.54) is 56.6 Å². The molecule has 1 saturated carbocycles. The van der Waals surface area contributed by atoms with Crippen LogP contribution in [0.1, 0.15) is 38.2 Å². The molecule has 0 radical (unpaired) electrons. The van der Waals surface area contributed by atoms with Gasteiger partial charge in [-0.1, -0.05) is 0 Å². The number of pyridine rings is 1. The third-order valence-corrected chi connectivity index (χ3v) is 5.29. The molecule has 3 fully saturated rings. The van der Waals surface area contributed by atoms with Gasteiger partial charge in [-0.15, -0.1) is 0 Å². The predicted molar refractivity (Wildman–Crippen MR) is 85.5 cm³/mol. The summed E-state index contributed by atoms with van der Waals surface area (Å²) in [6.07, 6.45) is 9.43. The van der Waals surface area contributed by atoms with Gasteiger partial charge in [-0.2, -0.15) is 0 Å². The molecule has 114 valence electrons. The topological polar surface area (TPSA) is 31.4 Å². The van der Waals surface area contributed by atoms with Crippen LogP contribution in [0.15, 0.2) is 18.5 Å². The molecule has 4 heteroatoms. The fraction of sp³-hybridized carbons (Fsp3) is 0.706. The van der Waals surface area contributed by atoms with Gasteiger partial charge in [0.1, 0.15) is 0 Å². The van der Waals surface area contributed by atoms with Crippen LogP contribution in [-0.4, -0.2) is 47.6 Å². The van der Waals surface area contributed by atoms with Gasteiger partial charge in [0.15, 0.2) is 0 Å². The van der Waals surface area contributed by atoms with Gasteiger partial charge in [0.25, 0.3) is 0 Å². The largest absolute Gasteiger partial charge is 0.364 e. The van der Waals surface area contributed by atoms with Crippen LogP contribution in [0, 0.1) is 0 Å². The smallest absolute Gasteiger partial charge is 0.0601 e. The van der Waals surface area contributed by atoms with Crippen molar-refractivity contribution in [3.63, 3.8) is 0 Å². The Kier molecular flexibility index (Phi) is 3.59. The molecule has 2 unspecified atom stereocenters. The minimum absolute atomic E-state index is 0.586. The number of rotatable bonds is 4. The highest BCUT2D eigenvalue weighted by Gasteiger charge is 2.35. The Morgan fingerprint density at radius 3 is 3.05 bits per heavy atom. The zero-order chi connectivity index (χ0) is 14.2. The molecule has 3 aliphatic rings. The van der Waals surface area contributed by atoms with E-state index in [0.717, 1.165) is 18.6 Å². The Balaban J connectivity index is 1.53. The van der Waals surface area contributed by atoms with Gasteiger partial charge in [0, 0.05) is 44.0 Å². The van der Waals surface area contributed by atoms with Gasteiger partial charge in [-0.3, -0.25) is 9.88 Å². The molecule has 1 aromatic rings. The number of hydrogen-bond donors (Lipinski definition) is 1. The van der Waals surface area contributed by atoms with Crippen LogP contribution < -0.4 is 10.2 Å². The lowest BCUT2D eigenvalue weighted by Crippen LogP contribution is -2.55. The average molecular weight is 286 g/mol. The molecule has 2 aliphatic heterocycles. The van der Waals surface area contributed by atoms with Gasteiger partial charge in [-0.25, -0.2) is 0 Å². The van der Waals surface area contributed by atoms with E-state index in [2.05, 4.69) is 39.3 Å². The summed E-state index contributed by atoms with van der Waals surface area (Å²) in [6, 6.07) is 4.29.